The van der Waals surface area contributed by atoms with Crippen LogP contribution in [0.3, 0.4) is 0 Å². The van der Waals surface area contributed by atoms with Crippen molar-refractivity contribution in [1.29, 1.82) is 5.26 Å². The van der Waals surface area contributed by atoms with E-state index in [9.17, 15) is 0 Å². The predicted octanol–water partition coefficient (Wildman–Crippen LogP) is 3.82. The maximum absolute atomic E-state index is 8.87. The summed E-state index contributed by atoms with van der Waals surface area (Å²) in [5.74, 6) is 1.75. The first-order valence-electron chi connectivity index (χ1n) is 6.36. The van der Waals surface area contributed by atoms with E-state index in [0.29, 0.717) is 6.10 Å². The third kappa shape index (κ3) is 3.00. The van der Waals surface area contributed by atoms with Gasteiger partial charge in [0, 0.05) is 0 Å². The summed E-state index contributed by atoms with van der Waals surface area (Å²) in [6.45, 7) is 4.26. The highest BCUT2D eigenvalue weighted by Gasteiger charge is 2.19. The molecule has 0 aliphatic heterocycles. The van der Waals surface area contributed by atoms with Gasteiger partial charge in [0.1, 0.15) is 5.75 Å². The van der Waals surface area contributed by atoms with Crippen LogP contribution < -0.4 is 4.74 Å². The number of rotatable bonds is 2. The van der Waals surface area contributed by atoms with Crippen molar-refractivity contribution in [3.63, 3.8) is 0 Å². The number of hydrogen-bond acceptors (Lipinski definition) is 2. The minimum Gasteiger partial charge on any atom is -0.490 e. The number of ether oxygens (including phenoxy) is 1. The average Bonchev–Trinajstić information content (AvgIpc) is 2.32. The Morgan fingerprint density at radius 2 is 1.94 bits per heavy atom. The lowest BCUT2D eigenvalue weighted by Gasteiger charge is -2.27. The summed E-state index contributed by atoms with van der Waals surface area (Å²) < 4.78 is 5.97. The van der Waals surface area contributed by atoms with Crippen LogP contribution in [0.4, 0.5) is 0 Å². The largest absolute Gasteiger partial charge is 0.490 e. The summed E-state index contributed by atoms with van der Waals surface area (Å²) >= 11 is 0. The predicted molar refractivity (Wildman–Crippen MR) is 67.9 cm³/mol. The Morgan fingerprint density at radius 3 is 2.53 bits per heavy atom. The van der Waals surface area contributed by atoms with Crippen LogP contribution in [0.1, 0.15) is 43.7 Å². The Morgan fingerprint density at radius 1 is 1.24 bits per heavy atom. The lowest BCUT2D eigenvalue weighted by atomic mass is 9.89. The molecule has 2 rings (SSSR count). The number of benzene rings is 1. The molecule has 0 spiro atoms. The molecule has 1 saturated carbocycles. The van der Waals surface area contributed by atoms with Gasteiger partial charge >= 0.3 is 0 Å². The zero-order chi connectivity index (χ0) is 12.3. The molecule has 0 atom stereocenters. The van der Waals surface area contributed by atoms with Crippen LogP contribution in [-0.2, 0) is 0 Å². The monoisotopic (exact) mass is 229 g/mol. The molecule has 1 aromatic rings. The lowest BCUT2D eigenvalue weighted by Crippen LogP contribution is -2.23. The second-order valence-corrected chi connectivity index (χ2v) is 5.09. The Bertz CT molecular complexity index is 425. The summed E-state index contributed by atoms with van der Waals surface area (Å²) in [6.07, 6.45) is 5.19. The van der Waals surface area contributed by atoms with E-state index in [2.05, 4.69) is 13.0 Å². The normalized spacial score (nSPS) is 24.1. The van der Waals surface area contributed by atoms with Gasteiger partial charge < -0.3 is 4.74 Å². The highest BCUT2D eigenvalue weighted by molar-refractivity contribution is 5.41. The van der Waals surface area contributed by atoms with E-state index >= 15 is 0 Å². The molecule has 0 radical (unpaired) electrons. The molecule has 0 saturated heterocycles. The van der Waals surface area contributed by atoms with Crippen LogP contribution in [0.5, 0.6) is 5.75 Å². The molecule has 1 aromatic carbocycles. The fourth-order valence-electron chi connectivity index (χ4n) is 2.37. The van der Waals surface area contributed by atoms with Gasteiger partial charge in [-0.3, -0.25) is 0 Å². The molecule has 0 unspecified atom stereocenters. The molecule has 17 heavy (non-hydrogen) atoms. The van der Waals surface area contributed by atoms with Crippen molar-refractivity contribution in [2.75, 3.05) is 0 Å². The third-order valence-corrected chi connectivity index (χ3v) is 3.58. The number of nitriles is 1. The smallest absolute Gasteiger partial charge is 0.120 e. The molecular formula is C15H19NO. The Balaban J connectivity index is 2.00. The molecule has 1 aliphatic carbocycles. The minimum absolute atomic E-state index is 0.360. The van der Waals surface area contributed by atoms with E-state index in [0.717, 1.165) is 35.6 Å². The van der Waals surface area contributed by atoms with Gasteiger partial charge in [-0.05, 0) is 62.3 Å². The summed E-state index contributed by atoms with van der Waals surface area (Å²) in [7, 11) is 0. The summed E-state index contributed by atoms with van der Waals surface area (Å²) in [4.78, 5) is 0. The quantitative estimate of drug-likeness (QED) is 0.772. The van der Waals surface area contributed by atoms with Crippen molar-refractivity contribution in [2.24, 2.45) is 5.92 Å². The first-order valence-corrected chi connectivity index (χ1v) is 6.36. The van der Waals surface area contributed by atoms with E-state index in [-0.39, 0.29) is 0 Å². The standard InChI is InChI=1S/C15H19NO/c1-11-3-6-14(7-4-11)17-15-8-5-13(10-16)12(2)9-15/h5,8-9,11,14H,3-4,6-7H2,1-2H3/t11-,14-. The van der Waals surface area contributed by atoms with Gasteiger partial charge in [0.25, 0.3) is 0 Å². The lowest BCUT2D eigenvalue weighted by molar-refractivity contribution is 0.135. The average molecular weight is 229 g/mol. The van der Waals surface area contributed by atoms with Crippen LogP contribution in [0, 0.1) is 24.2 Å². The van der Waals surface area contributed by atoms with Crippen LogP contribution in [0.15, 0.2) is 18.2 Å². The maximum atomic E-state index is 8.87. The van der Waals surface area contributed by atoms with Crippen molar-refractivity contribution < 1.29 is 4.74 Å². The molecule has 2 nitrogen and oxygen atoms in total. The number of aryl methyl sites for hydroxylation is 1. The van der Waals surface area contributed by atoms with Gasteiger partial charge in [-0.25, -0.2) is 0 Å². The molecule has 1 fully saturated rings. The summed E-state index contributed by atoms with van der Waals surface area (Å²) in [5, 5.41) is 8.87. The van der Waals surface area contributed by atoms with E-state index < -0.39 is 0 Å². The topological polar surface area (TPSA) is 33.0 Å². The van der Waals surface area contributed by atoms with Crippen LogP contribution >= 0.6 is 0 Å². The van der Waals surface area contributed by atoms with Crippen LogP contribution in [0.2, 0.25) is 0 Å². The summed E-state index contributed by atoms with van der Waals surface area (Å²) in [5.41, 5.74) is 1.73. The second-order valence-electron chi connectivity index (χ2n) is 5.09. The summed E-state index contributed by atoms with van der Waals surface area (Å²) in [6, 6.07) is 7.89. The molecular weight excluding hydrogens is 210 g/mol. The SMILES string of the molecule is Cc1cc(O[C@H]2CC[C@H](C)CC2)ccc1C#N. The van der Waals surface area contributed by atoms with E-state index in [1.165, 1.54) is 12.8 Å². The molecule has 0 aromatic heterocycles. The third-order valence-electron chi connectivity index (χ3n) is 3.58. The van der Waals surface area contributed by atoms with Gasteiger partial charge in [-0.15, -0.1) is 0 Å². The van der Waals surface area contributed by atoms with Gasteiger partial charge in [-0.1, -0.05) is 6.92 Å². The van der Waals surface area contributed by atoms with Crippen molar-refractivity contribution in [1.82, 2.24) is 0 Å². The second kappa shape index (κ2) is 5.23. The van der Waals surface area contributed by atoms with Crippen molar-refractivity contribution in [2.45, 2.75) is 45.6 Å². The zero-order valence-electron chi connectivity index (χ0n) is 10.6. The first-order chi connectivity index (χ1) is 8.19. The molecule has 0 bridgehead atoms. The molecule has 0 heterocycles. The van der Waals surface area contributed by atoms with E-state index in [4.69, 9.17) is 10.00 Å². The zero-order valence-corrected chi connectivity index (χ0v) is 10.6. The fourth-order valence-corrected chi connectivity index (χ4v) is 2.37. The van der Waals surface area contributed by atoms with Crippen molar-refractivity contribution >= 4 is 0 Å². The minimum atomic E-state index is 0.360. The maximum Gasteiger partial charge on any atom is 0.120 e. The van der Waals surface area contributed by atoms with Gasteiger partial charge in [0.2, 0.25) is 0 Å². The molecule has 0 N–H and O–H groups in total. The molecule has 0 amide bonds. The van der Waals surface area contributed by atoms with E-state index in [1.807, 2.05) is 25.1 Å². The van der Waals surface area contributed by atoms with Crippen LogP contribution in [0.25, 0.3) is 0 Å². The fraction of sp³-hybridized carbons (Fsp3) is 0.533. The van der Waals surface area contributed by atoms with Gasteiger partial charge in [0.05, 0.1) is 17.7 Å². The van der Waals surface area contributed by atoms with Gasteiger partial charge in [-0.2, -0.15) is 5.26 Å². The highest BCUT2D eigenvalue weighted by atomic mass is 16.5. The highest BCUT2D eigenvalue weighted by Crippen LogP contribution is 2.27. The van der Waals surface area contributed by atoms with E-state index in [1.54, 1.807) is 0 Å². The molecule has 2 heteroatoms. The molecule has 90 valence electrons. The molecule has 1 aliphatic rings. The van der Waals surface area contributed by atoms with Crippen molar-refractivity contribution in [3.05, 3.63) is 29.3 Å². The Hall–Kier alpha value is -1.49. The Kier molecular flexibility index (Phi) is 3.68. The first kappa shape index (κ1) is 12.0. The Labute approximate surface area is 103 Å². The van der Waals surface area contributed by atoms with Crippen LogP contribution in [-0.4, -0.2) is 6.10 Å². The van der Waals surface area contributed by atoms with Gasteiger partial charge in [0.15, 0.2) is 0 Å². The number of nitrogens with zero attached hydrogens (tertiary/aromatic N) is 1. The van der Waals surface area contributed by atoms with Crippen molar-refractivity contribution in [3.8, 4) is 11.8 Å². The number of hydrogen-bond donors (Lipinski definition) is 0.